The van der Waals surface area contributed by atoms with Crippen molar-refractivity contribution in [2.24, 2.45) is 0 Å². The fourth-order valence-electron chi connectivity index (χ4n) is 1.56. The normalized spacial score (nSPS) is 12.5. The molecule has 0 bridgehead atoms. The highest BCUT2D eigenvalue weighted by Gasteiger charge is 2.12. The van der Waals surface area contributed by atoms with Gasteiger partial charge in [0.2, 0.25) is 0 Å². The van der Waals surface area contributed by atoms with Crippen molar-refractivity contribution >= 4 is 5.78 Å². The summed E-state index contributed by atoms with van der Waals surface area (Å²) in [5.41, 5.74) is 0.737. The van der Waals surface area contributed by atoms with Crippen molar-refractivity contribution in [3.8, 4) is 5.75 Å². The van der Waals surface area contributed by atoms with Crippen LogP contribution in [0.3, 0.4) is 0 Å². The molecule has 0 radical (unpaired) electrons. The number of Topliss-reactive ketones (excluding diaryl/α,β-unsaturated/α-hetero) is 1. The molecule has 0 N–H and O–H groups in total. The van der Waals surface area contributed by atoms with Gasteiger partial charge in [0, 0.05) is 11.6 Å². The van der Waals surface area contributed by atoms with Crippen LogP contribution in [-0.4, -0.2) is 37.4 Å². The van der Waals surface area contributed by atoms with Crippen molar-refractivity contribution in [3.05, 3.63) is 29.8 Å². The molecule has 0 aliphatic rings. The average Bonchev–Trinajstić information content (AvgIpc) is 2.37. The molecule has 0 aliphatic heterocycles. The summed E-state index contributed by atoms with van der Waals surface area (Å²) in [5, 5.41) is 0. The summed E-state index contributed by atoms with van der Waals surface area (Å²) in [5.74, 6) is 0.923. The van der Waals surface area contributed by atoms with E-state index in [1.54, 1.807) is 7.11 Å². The third-order valence-corrected chi connectivity index (χ3v) is 3.15. The molecule has 3 heteroatoms. The maximum Gasteiger partial charge on any atom is 0.176 e. The van der Waals surface area contributed by atoms with Gasteiger partial charge in [-0.25, -0.2) is 0 Å². The van der Waals surface area contributed by atoms with E-state index in [9.17, 15) is 4.79 Å². The third-order valence-electron chi connectivity index (χ3n) is 3.15. The van der Waals surface area contributed by atoms with Crippen LogP contribution in [0.2, 0.25) is 0 Å². The van der Waals surface area contributed by atoms with Crippen molar-refractivity contribution in [1.82, 2.24) is 4.90 Å². The van der Waals surface area contributed by atoms with E-state index in [4.69, 9.17) is 4.74 Å². The molecule has 0 saturated carbocycles. The Balaban J connectivity index is 2.63. The summed E-state index contributed by atoms with van der Waals surface area (Å²) in [6, 6.07) is 7.68. The Morgan fingerprint density at radius 2 is 1.94 bits per heavy atom. The Kier molecular flexibility index (Phi) is 5.16. The molecular weight excluding hydrogens is 214 g/mol. The maximum absolute atomic E-state index is 12.0. The van der Waals surface area contributed by atoms with Gasteiger partial charge < -0.3 is 4.74 Å². The molecule has 94 valence electrons. The van der Waals surface area contributed by atoms with Crippen LogP contribution in [0.25, 0.3) is 0 Å². The van der Waals surface area contributed by atoms with Gasteiger partial charge >= 0.3 is 0 Å². The van der Waals surface area contributed by atoms with Crippen molar-refractivity contribution in [2.75, 3.05) is 20.7 Å². The first-order chi connectivity index (χ1) is 8.08. The first-order valence-corrected chi connectivity index (χ1v) is 5.96. The van der Waals surface area contributed by atoms with E-state index < -0.39 is 0 Å². The smallest absolute Gasteiger partial charge is 0.176 e. The molecule has 0 spiro atoms. The number of benzene rings is 1. The molecule has 0 heterocycles. The SMILES string of the molecule is CCC(C)N(C)CC(=O)c1ccc(OC)cc1. The molecule has 1 rings (SSSR count). The zero-order chi connectivity index (χ0) is 12.8. The van der Waals surface area contributed by atoms with Crippen LogP contribution in [0.1, 0.15) is 30.6 Å². The molecule has 3 nitrogen and oxygen atoms in total. The third kappa shape index (κ3) is 3.86. The maximum atomic E-state index is 12.0. The molecule has 0 fully saturated rings. The number of methoxy groups -OCH3 is 1. The van der Waals surface area contributed by atoms with E-state index in [-0.39, 0.29) is 5.78 Å². The molecule has 17 heavy (non-hydrogen) atoms. The number of carbonyl (C=O) groups excluding carboxylic acids is 1. The Morgan fingerprint density at radius 1 is 1.35 bits per heavy atom. The predicted molar refractivity (Wildman–Crippen MR) is 69.7 cm³/mol. The largest absolute Gasteiger partial charge is 0.497 e. The number of rotatable bonds is 6. The fourth-order valence-corrected chi connectivity index (χ4v) is 1.56. The summed E-state index contributed by atoms with van der Waals surface area (Å²) in [6.45, 7) is 4.71. The number of hydrogen-bond acceptors (Lipinski definition) is 3. The molecule has 0 amide bonds. The van der Waals surface area contributed by atoms with E-state index in [1.165, 1.54) is 0 Å². The molecule has 0 aliphatic carbocycles. The predicted octanol–water partition coefficient (Wildman–Crippen LogP) is 2.61. The van der Waals surface area contributed by atoms with E-state index in [1.807, 2.05) is 31.3 Å². The number of ether oxygens (including phenoxy) is 1. The van der Waals surface area contributed by atoms with Gasteiger partial charge in [-0.05, 0) is 44.7 Å². The minimum absolute atomic E-state index is 0.149. The highest BCUT2D eigenvalue weighted by molar-refractivity contribution is 5.97. The zero-order valence-electron chi connectivity index (χ0n) is 11.1. The van der Waals surface area contributed by atoms with Crippen LogP contribution >= 0.6 is 0 Å². The van der Waals surface area contributed by atoms with Crippen molar-refractivity contribution in [2.45, 2.75) is 26.3 Å². The summed E-state index contributed by atoms with van der Waals surface area (Å²) in [7, 11) is 3.60. The van der Waals surface area contributed by atoms with Crippen LogP contribution < -0.4 is 4.74 Å². The van der Waals surface area contributed by atoms with Crippen LogP contribution in [0.15, 0.2) is 24.3 Å². The van der Waals surface area contributed by atoms with E-state index in [2.05, 4.69) is 18.7 Å². The number of nitrogens with zero attached hydrogens (tertiary/aromatic N) is 1. The first kappa shape index (κ1) is 13.7. The quantitative estimate of drug-likeness (QED) is 0.710. The molecule has 1 aromatic carbocycles. The van der Waals surface area contributed by atoms with Gasteiger partial charge in [0.05, 0.1) is 13.7 Å². The summed E-state index contributed by atoms with van der Waals surface area (Å²) in [4.78, 5) is 14.1. The fraction of sp³-hybridized carbons (Fsp3) is 0.500. The van der Waals surface area contributed by atoms with Gasteiger partial charge in [-0.1, -0.05) is 6.92 Å². The van der Waals surface area contributed by atoms with E-state index in [0.29, 0.717) is 12.6 Å². The number of likely N-dealkylation sites (N-methyl/N-ethyl adjacent to an activating group) is 1. The van der Waals surface area contributed by atoms with Gasteiger partial charge in [-0.15, -0.1) is 0 Å². The lowest BCUT2D eigenvalue weighted by Gasteiger charge is -2.22. The first-order valence-electron chi connectivity index (χ1n) is 5.96. The van der Waals surface area contributed by atoms with Crippen molar-refractivity contribution in [3.63, 3.8) is 0 Å². The lowest BCUT2D eigenvalue weighted by molar-refractivity contribution is 0.0923. The zero-order valence-corrected chi connectivity index (χ0v) is 11.1. The molecular formula is C14H21NO2. The second-order valence-corrected chi connectivity index (χ2v) is 4.32. The van der Waals surface area contributed by atoms with E-state index >= 15 is 0 Å². The number of ketones is 1. The monoisotopic (exact) mass is 235 g/mol. The molecule has 1 aromatic rings. The Labute approximate surface area is 103 Å². The number of carbonyl (C=O) groups is 1. The lowest BCUT2D eigenvalue weighted by Crippen LogP contribution is -2.33. The Morgan fingerprint density at radius 3 is 2.41 bits per heavy atom. The van der Waals surface area contributed by atoms with Gasteiger partial charge in [0.15, 0.2) is 5.78 Å². The van der Waals surface area contributed by atoms with Crippen LogP contribution in [0.5, 0.6) is 5.75 Å². The lowest BCUT2D eigenvalue weighted by atomic mass is 10.1. The summed E-state index contributed by atoms with van der Waals surface area (Å²) in [6.07, 6.45) is 1.05. The topological polar surface area (TPSA) is 29.5 Å². The summed E-state index contributed by atoms with van der Waals surface area (Å²) >= 11 is 0. The summed E-state index contributed by atoms with van der Waals surface area (Å²) < 4.78 is 5.06. The van der Waals surface area contributed by atoms with Crippen molar-refractivity contribution in [1.29, 1.82) is 0 Å². The second-order valence-electron chi connectivity index (χ2n) is 4.32. The van der Waals surface area contributed by atoms with Gasteiger partial charge in [0.1, 0.15) is 5.75 Å². The van der Waals surface area contributed by atoms with Gasteiger partial charge in [-0.2, -0.15) is 0 Å². The van der Waals surface area contributed by atoms with Crippen LogP contribution in [0.4, 0.5) is 0 Å². The van der Waals surface area contributed by atoms with Gasteiger partial charge in [0.25, 0.3) is 0 Å². The minimum Gasteiger partial charge on any atom is -0.497 e. The molecule has 1 unspecified atom stereocenters. The van der Waals surface area contributed by atoms with Crippen LogP contribution in [-0.2, 0) is 0 Å². The van der Waals surface area contributed by atoms with Crippen molar-refractivity contribution < 1.29 is 9.53 Å². The highest BCUT2D eigenvalue weighted by Crippen LogP contribution is 2.12. The molecule has 0 aromatic heterocycles. The number of hydrogen-bond donors (Lipinski definition) is 0. The van der Waals surface area contributed by atoms with Gasteiger partial charge in [-0.3, -0.25) is 9.69 Å². The minimum atomic E-state index is 0.149. The Hall–Kier alpha value is -1.35. The standard InChI is InChI=1S/C14H21NO2/c1-5-11(2)15(3)10-14(16)12-6-8-13(17-4)9-7-12/h6-9,11H,5,10H2,1-4H3. The second kappa shape index (κ2) is 6.40. The molecule has 1 atom stereocenters. The Bertz CT molecular complexity index is 359. The van der Waals surface area contributed by atoms with Crippen LogP contribution in [0, 0.1) is 0 Å². The highest BCUT2D eigenvalue weighted by atomic mass is 16.5. The van der Waals surface area contributed by atoms with E-state index in [0.717, 1.165) is 17.7 Å². The average molecular weight is 235 g/mol. The molecule has 0 saturated heterocycles.